The lowest BCUT2D eigenvalue weighted by atomic mass is 9.69. The molecule has 2 saturated heterocycles. The zero-order valence-corrected chi connectivity index (χ0v) is 23.8. The Balaban J connectivity index is 1.28. The normalized spacial score (nSPS) is 23.5. The predicted octanol–water partition coefficient (Wildman–Crippen LogP) is 2.96. The number of fused-ring (bicyclic) bond motifs is 3. The van der Waals surface area contributed by atoms with E-state index in [1.807, 2.05) is 30.3 Å². The molecule has 3 aromatic rings. The molecule has 0 radical (unpaired) electrons. The van der Waals surface area contributed by atoms with Crippen LogP contribution < -0.4 is 10.4 Å². The third-order valence-corrected chi connectivity index (χ3v) is 8.63. The standard InChI is InChI=1S/C33H33BN2O7/c1-42-18-22-16-26-31(33(39)36(32(26)38)24-8-5-7-23(17-24)34(40)41)27-19-43-29(30(22)27)12-11-21(28-10-2-3-13-35-28)14-20-6-4-9-25(37)15-20/h2-10,13-15,17,26-27,29,31,37,40-41H,11-12,16,18-19H2,1H3/b21-14-/t26-,27+,29-,31-/m1/s1. The molecule has 3 aliphatic rings. The number of rotatable bonds is 9. The van der Waals surface area contributed by atoms with E-state index >= 15 is 0 Å². The number of nitrogens with zero attached hydrogens (tertiary/aromatic N) is 2. The van der Waals surface area contributed by atoms with Gasteiger partial charge in [-0.1, -0.05) is 30.3 Å². The molecule has 0 spiro atoms. The van der Waals surface area contributed by atoms with Crippen LogP contribution >= 0.6 is 0 Å². The molecule has 1 aromatic heterocycles. The maximum absolute atomic E-state index is 13.9. The number of hydrogen-bond acceptors (Lipinski definition) is 8. The molecule has 10 heteroatoms. The molecule has 6 rings (SSSR count). The molecule has 1 aliphatic carbocycles. The van der Waals surface area contributed by atoms with Crippen molar-refractivity contribution in [1.82, 2.24) is 4.98 Å². The second-order valence-corrected chi connectivity index (χ2v) is 11.3. The first-order chi connectivity index (χ1) is 20.9. The minimum absolute atomic E-state index is 0.186. The second kappa shape index (κ2) is 12.3. The van der Waals surface area contributed by atoms with Gasteiger partial charge in [0.2, 0.25) is 11.8 Å². The number of hydrogen-bond donors (Lipinski definition) is 3. The van der Waals surface area contributed by atoms with Crippen LogP contribution in [0.15, 0.2) is 84.1 Å². The number of pyridine rings is 1. The molecular formula is C33H33BN2O7. The molecule has 3 N–H and O–H groups in total. The monoisotopic (exact) mass is 580 g/mol. The Kier molecular flexibility index (Phi) is 8.27. The number of carbonyl (C=O) groups excluding carboxylic acids is 2. The summed E-state index contributed by atoms with van der Waals surface area (Å²) in [7, 11) is -0.0887. The third kappa shape index (κ3) is 5.66. The largest absolute Gasteiger partial charge is 0.508 e. The quantitative estimate of drug-likeness (QED) is 0.200. The number of phenolic OH excluding ortho intramolecular Hbond substituents is 1. The lowest BCUT2D eigenvalue weighted by molar-refractivity contribution is -0.122. The fraction of sp³-hybridized carbons (Fsp3) is 0.303. The number of anilines is 1. The fourth-order valence-corrected chi connectivity index (χ4v) is 6.79. The second-order valence-electron chi connectivity index (χ2n) is 11.3. The van der Waals surface area contributed by atoms with Gasteiger partial charge in [-0.25, -0.2) is 0 Å². The number of carbonyl (C=O) groups is 2. The Morgan fingerprint density at radius 3 is 2.65 bits per heavy atom. The fourth-order valence-electron chi connectivity index (χ4n) is 6.79. The predicted molar refractivity (Wildman–Crippen MR) is 162 cm³/mol. The molecule has 9 nitrogen and oxygen atoms in total. The van der Waals surface area contributed by atoms with E-state index in [4.69, 9.17) is 9.47 Å². The maximum Gasteiger partial charge on any atom is 0.488 e. The average molecular weight is 580 g/mol. The molecular weight excluding hydrogens is 547 g/mol. The van der Waals surface area contributed by atoms with Crippen molar-refractivity contribution in [2.45, 2.75) is 25.4 Å². The number of benzene rings is 2. The molecule has 0 saturated carbocycles. The van der Waals surface area contributed by atoms with Crippen molar-refractivity contribution in [3.63, 3.8) is 0 Å². The highest BCUT2D eigenvalue weighted by Gasteiger charge is 2.57. The number of aromatic hydroxyl groups is 1. The Hall–Kier alpha value is -4.09. The smallest absolute Gasteiger partial charge is 0.488 e. The van der Waals surface area contributed by atoms with Gasteiger partial charge in [-0.2, -0.15) is 0 Å². The number of imide groups is 1. The van der Waals surface area contributed by atoms with Gasteiger partial charge in [0.25, 0.3) is 0 Å². The van der Waals surface area contributed by atoms with Gasteiger partial charge < -0.3 is 24.6 Å². The van der Waals surface area contributed by atoms with E-state index in [2.05, 4.69) is 4.98 Å². The molecule has 4 atom stereocenters. The molecule has 2 amide bonds. The first-order valence-corrected chi connectivity index (χ1v) is 14.4. The van der Waals surface area contributed by atoms with E-state index in [1.165, 1.54) is 17.0 Å². The summed E-state index contributed by atoms with van der Waals surface area (Å²) in [6.45, 7) is 0.667. The number of ether oxygens (including phenoxy) is 2. The van der Waals surface area contributed by atoms with Crippen molar-refractivity contribution in [3.05, 3.63) is 95.3 Å². The van der Waals surface area contributed by atoms with Crippen molar-refractivity contribution in [1.29, 1.82) is 0 Å². The summed E-state index contributed by atoms with van der Waals surface area (Å²) in [4.78, 5) is 33.3. The summed E-state index contributed by atoms with van der Waals surface area (Å²) in [6.07, 6.45) is 5.19. The first-order valence-electron chi connectivity index (χ1n) is 14.4. The van der Waals surface area contributed by atoms with Gasteiger partial charge in [0, 0.05) is 19.2 Å². The molecule has 2 fully saturated rings. The van der Waals surface area contributed by atoms with Gasteiger partial charge >= 0.3 is 7.12 Å². The minimum atomic E-state index is -1.71. The van der Waals surface area contributed by atoms with Crippen LogP contribution in [0, 0.1) is 17.8 Å². The Bertz CT molecular complexity index is 1590. The van der Waals surface area contributed by atoms with Crippen LogP contribution in [0.25, 0.3) is 11.6 Å². The van der Waals surface area contributed by atoms with Crippen molar-refractivity contribution < 1.29 is 34.2 Å². The highest BCUT2D eigenvalue weighted by Crippen LogP contribution is 2.50. The number of allylic oxidation sites excluding steroid dienone is 1. The summed E-state index contributed by atoms with van der Waals surface area (Å²) >= 11 is 0. The van der Waals surface area contributed by atoms with Crippen molar-refractivity contribution in [2.75, 3.05) is 25.2 Å². The molecule has 3 heterocycles. The van der Waals surface area contributed by atoms with E-state index in [-0.39, 0.29) is 35.0 Å². The zero-order valence-electron chi connectivity index (χ0n) is 23.8. The SMILES string of the molecule is COCC1=C2[C@@H](CC/C(=C/c3cccc(O)c3)c3ccccn3)OC[C@@H]2[C@@H]2C(=O)N(c3cccc(B(O)O)c3)C(=O)[C@@H]2C1. The minimum Gasteiger partial charge on any atom is -0.508 e. The van der Waals surface area contributed by atoms with Crippen molar-refractivity contribution in [2.24, 2.45) is 17.8 Å². The third-order valence-electron chi connectivity index (χ3n) is 8.63. The van der Waals surface area contributed by atoms with Gasteiger partial charge in [-0.05, 0) is 89.5 Å². The van der Waals surface area contributed by atoms with Crippen molar-refractivity contribution >= 4 is 41.7 Å². The van der Waals surface area contributed by atoms with Crippen LogP contribution in [0.4, 0.5) is 5.69 Å². The topological polar surface area (TPSA) is 129 Å². The Labute approximate surface area is 250 Å². The number of amides is 2. The highest BCUT2D eigenvalue weighted by atomic mass is 16.5. The maximum atomic E-state index is 13.9. The van der Waals surface area contributed by atoms with Gasteiger partial charge in [0.1, 0.15) is 5.75 Å². The van der Waals surface area contributed by atoms with Crippen LogP contribution in [-0.4, -0.2) is 65.5 Å². The molecule has 2 aromatic carbocycles. The van der Waals surface area contributed by atoms with E-state index in [0.717, 1.165) is 28.0 Å². The van der Waals surface area contributed by atoms with Crippen LogP contribution in [0.3, 0.4) is 0 Å². The molecule has 0 bridgehead atoms. The number of phenols is 1. The molecule has 0 unspecified atom stereocenters. The van der Waals surface area contributed by atoms with E-state index in [0.29, 0.717) is 38.2 Å². The lowest BCUT2D eigenvalue weighted by Gasteiger charge is -2.31. The number of methoxy groups -OCH3 is 1. The van der Waals surface area contributed by atoms with Gasteiger partial charge in [0.15, 0.2) is 0 Å². The average Bonchev–Trinajstić information content (AvgIpc) is 3.54. The Morgan fingerprint density at radius 1 is 1.07 bits per heavy atom. The summed E-state index contributed by atoms with van der Waals surface area (Å²) in [5.74, 6) is -1.75. The summed E-state index contributed by atoms with van der Waals surface area (Å²) in [5.41, 5.74) is 5.26. The summed E-state index contributed by atoms with van der Waals surface area (Å²) < 4.78 is 11.9. The van der Waals surface area contributed by atoms with Crippen LogP contribution in [-0.2, 0) is 19.1 Å². The molecule has 43 heavy (non-hydrogen) atoms. The van der Waals surface area contributed by atoms with Crippen LogP contribution in [0.1, 0.15) is 30.5 Å². The zero-order chi connectivity index (χ0) is 30.1. The lowest BCUT2D eigenvalue weighted by Crippen LogP contribution is -2.36. The highest BCUT2D eigenvalue weighted by molar-refractivity contribution is 6.58. The molecule has 2 aliphatic heterocycles. The first kappa shape index (κ1) is 29.0. The van der Waals surface area contributed by atoms with Gasteiger partial charge in [-0.15, -0.1) is 0 Å². The van der Waals surface area contributed by atoms with Crippen LogP contribution in [0.5, 0.6) is 5.75 Å². The molecule has 220 valence electrons. The van der Waals surface area contributed by atoms with E-state index < -0.39 is 19.0 Å². The van der Waals surface area contributed by atoms with E-state index in [9.17, 15) is 24.7 Å². The van der Waals surface area contributed by atoms with E-state index in [1.54, 1.807) is 43.6 Å². The Morgan fingerprint density at radius 2 is 1.91 bits per heavy atom. The summed E-state index contributed by atoms with van der Waals surface area (Å²) in [6, 6.07) is 19.1. The van der Waals surface area contributed by atoms with Gasteiger partial charge in [0.05, 0.1) is 42.5 Å². The van der Waals surface area contributed by atoms with Crippen LogP contribution in [0.2, 0.25) is 0 Å². The summed E-state index contributed by atoms with van der Waals surface area (Å²) in [5, 5.41) is 29.3. The van der Waals surface area contributed by atoms with Crippen molar-refractivity contribution in [3.8, 4) is 5.75 Å². The van der Waals surface area contributed by atoms with Gasteiger partial charge in [-0.3, -0.25) is 19.5 Å². The number of aromatic nitrogens is 1.